The second kappa shape index (κ2) is 12.2. The first kappa shape index (κ1) is 28.7. The molecular weight excluding hydrogens is 571 g/mol. The van der Waals surface area contributed by atoms with Crippen LogP contribution in [0.15, 0.2) is 188 Å². The highest BCUT2D eigenvalue weighted by atomic mass is 15.0. The SMILES string of the molecule is C1=CCC(Nc2ccc(NC3(c4cccc5ccccc45)C=CC(Nc4ccccc4)=CC3)cc2)(c2cccc3ccccc23)C=C1. The van der Waals surface area contributed by atoms with Gasteiger partial charge in [0.2, 0.25) is 0 Å². The third-order valence-corrected chi connectivity index (χ3v) is 9.48. The molecule has 0 saturated carbocycles. The van der Waals surface area contributed by atoms with Gasteiger partial charge in [-0.1, -0.05) is 140 Å². The zero-order valence-corrected chi connectivity index (χ0v) is 26.2. The van der Waals surface area contributed by atoms with Crippen LogP contribution in [0.5, 0.6) is 0 Å². The maximum Gasteiger partial charge on any atom is 0.0854 e. The van der Waals surface area contributed by atoms with E-state index in [4.69, 9.17) is 0 Å². The topological polar surface area (TPSA) is 36.1 Å². The predicted octanol–water partition coefficient (Wildman–Crippen LogP) is 11.1. The number of benzene rings is 6. The fourth-order valence-corrected chi connectivity index (χ4v) is 7.14. The highest BCUT2D eigenvalue weighted by Gasteiger charge is 2.33. The summed E-state index contributed by atoms with van der Waals surface area (Å²) in [6, 6.07) is 49.7. The molecule has 6 aromatic carbocycles. The Morgan fingerprint density at radius 1 is 0.447 bits per heavy atom. The molecule has 0 radical (unpaired) electrons. The van der Waals surface area contributed by atoms with Gasteiger partial charge >= 0.3 is 0 Å². The van der Waals surface area contributed by atoms with Gasteiger partial charge in [0.05, 0.1) is 11.1 Å². The molecule has 47 heavy (non-hydrogen) atoms. The van der Waals surface area contributed by atoms with E-state index in [0.717, 1.165) is 35.6 Å². The van der Waals surface area contributed by atoms with E-state index in [1.54, 1.807) is 0 Å². The van der Waals surface area contributed by atoms with Crippen molar-refractivity contribution in [2.24, 2.45) is 0 Å². The molecule has 0 saturated heterocycles. The third-order valence-electron chi connectivity index (χ3n) is 9.48. The maximum absolute atomic E-state index is 3.97. The largest absolute Gasteiger partial charge is 0.372 e. The molecule has 0 aliphatic heterocycles. The Kier molecular flexibility index (Phi) is 7.43. The third kappa shape index (κ3) is 5.62. The van der Waals surface area contributed by atoms with Crippen molar-refractivity contribution < 1.29 is 0 Å². The molecule has 0 aromatic heterocycles. The second-order valence-electron chi connectivity index (χ2n) is 12.5. The molecular formula is C44H37N3. The maximum atomic E-state index is 3.97. The Morgan fingerprint density at radius 2 is 1.00 bits per heavy atom. The molecule has 0 spiro atoms. The summed E-state index contributed by atoms with van der Waals surface area (Å²) in [5.41, 5.74) is 6.12. The number of nitrogens with one attached hydrogen (secondary N) is 3. The summed E-state index contributed by atoms with van der Waals surface area (Å²) in [4.78, 5) is 0. The molecule has 3 heteroatoms. The van der Waals surface area contributed by atoms with Crippen LogP contribution in [0, 0.1) is 0 Å². The van der Waals surface area contributed by atoms with Crippen LogP contribution in [0.1, 0.15) is 24.0 Å². The molecule has 2 atom stereocenters. The van der Waals surface area contributed by atoms with Crippen LogP contribution in [0.2, 0.25) is 0 Å². The van der Waals surface area contributed by atoms with Crippen molar-refractivity contribution in [1.29, 1.82) is 0 Å². The predicted molar refractivity (Wildman–Crippen MR) is 200 cm³/mol. The number of anilines is 3. The van der Waals surface area contributed by atoms with Crippen molar-refractivity contribution in [1.82, 2.24) is 0 Å². The lowest BCUT2D eigenvalue weighted by molar-refractivity contribution is 0.619. The van der Waals surface area contributed by atoms with Crippen LogP contribution in [0.3, 0.4) is 0 Å². The summed E-state index contributed by atoms with van der Waals surface area (Å²) in [6.07, 6.45) is 17.3. The summed E-state index contributed by atoms with van der Waals surface area (Å²) < 4.78 is 0. The molecule has 2 aliphatic carbocycles. The molecule has 3 N–H and O–H groups in total. The lowest BCUT2D eigenvalue weighted by Gasteiger charge is -2.37. The van der Waals surface area contributed by atoms with Crippen molar-refractivity contribution in [2.45, 2.75) is 23.9 Å². The van der Waals surface area contributed by atoms with Gasteiger partial charge in [0.1, 0.15) is 0 Å². The Labute approximate surface area is 276 Å². The van der Waals surface area contributed by atoms with Crippen LogP contribution in [0.25, 0.3) is 21.5 Å². The Balaban J connectivity index is 1.11. The smallest absolute Gasteiger partial charge is 0.0854 e. The normalized spacial score (nSPS) is 20.2. The molecule has 6 aromatic rings. The number of hydrogen-bond acceptors (Lipinski definition) is 3. The minimum absolute atomic E-state index is 0.339. The van der Waals surface area contributed by atoms with Gasteiger partial charge in [-0.25, -0.2) is 0 Å². The van der Waals surface area contributed by atoms with Gasteiger partial charge in [0.25, 0.3) is 0 Å². The van der Waals surface area contributed by atoms with Gasteiger partial charge in [-0.2, -0.15) is 0 Å². The fourth-order valence-electron chi connectivity index (χ4n) is 7.14. The zero-order valence-electron chi connectivity index (χ0n) is 26.2. The van der Waals surface area contributed by atoms with E-state index in [1.807, 2.05) is 6.07 Å². The minimum atomic E-state index is -0.418. The zero-order chi connectivity index (χ0) is 31.5. The highest BCUT2D eigenvalue weighted by Crippen LogP contribution is 2.41. The van der Waals surface area contributed by atoms with Crippen LogP contribution < -0.4 is 16.0 Å². The van der Waals surface area contributed by atoms with E-state index >= 15 is 0 Å². The summed E-state index contributed by atoms with van der Waals surface area (Å²) in [6.45, 7) is 0. The van der Waals surface area contributed by atoms with Crippen LogP contribution in [-0.2, 0) is 11.1 Å². The summed E-state index contributed by atoms with van der Waals surface area (Å²) in [5.74, 6) is 0. The molecule has 0 amide bonds. The van der Waals surface area contributed by atoms with Crippen molar-refractivity contribution in [3.8, 4) is 0 Å². The van der Waals surface area contributed by atoms with E-state index < -0.39 is 5.54 Å². The van der Waals surface area contributed by atoms with Gasteiger partial charge in [-0.05, 0) is 88.0 Å². The van der Waals surface area contributed by atoms with Gasteiger partial charge in [-0.15, -0.1) is 0 Å². The standard InChI is InChI=1S/C44H37N3/c1-3-17-35(18-4-1)45-36-27-31-44(32-28-36,42-22-12-16-34-14-6-8-20-40(34)42)47-38-25-23-37(24-26-38)46-43(29-9-2-10-30-43)41-21-11-15-33-13-5-7-19-39(33)41/h1-29,31,45-47H,30,32H2. The Morgan fingerprint density at radius 3 is 1.55 bits per heavy atom. The van der Waals surface area contributed by atoms with Crippen LogP contribution >= 0.6 is 0 Å². The average Bonchev–Trinajstić information content (AvgIpc) is 3.14. The van der Waals surface area contributed by atoms with Gasteiger partial charge in [-0.3, -0.25) is 0 Å². The van der Waals surface area contributed by atoms with Crippen LogP contribution in [-0.4, -0.2) is 0 Å². The molecule has 228 valence electrons. The van der Waals surface area contributed by atoms with E-state index in [1.165, 1.54) is 32.7 Å². The Hall–Kier alpha value is -5.80. The quantitative estimate of drug-likeness (QED) is 0.161. The van der Waals surface area contributed by atoms with E-state index in [-0.39, 0.29) is 5.54 Å². The lowest BCUT2D eigenvalue weighted by atomic mass is 9.80. The van der Waals surface area contributed by atoms with Crippen molar-refractivity contribution >= 4 is 38.6 Å². The van der Waals surface area contributed by atoms with Crippen LogP contribution in [0.4, 0.5) is 17.1 Å². The molecule has 8 rings (SSSR count). The van der Waals surface area contributed by atoms with E-state index in [9.17, 15) is 0 Å². The van der Waals surface area contributed by atoms with Gasteiger partial charge in [0, 0.05) is 22.8 Å². The summed E-state index contributed by atoms with van der Waals surface area (Å²) >= 11 is 0. The van der Waals surface area contributed by atoms with Gasteiger partial charge in [0.15, 0.2) is 0 Å². The number of rotatable bonds is 8. The summed E-state index contributed by atoms with van der Waals surface area (Å²) in [7, 11) is 0. The first-order chi connectivity index (χ1) is 23.2. The number of allylic oxidation sites excluding steroid dienone is 3. The monoisotopic (exact) mass is 607 g/mol. The number of hydrogen-bond donors (Lipinski definition) is 3. The molecule has 2 unspecified atom stereocenters. The number of fused-ring (bicyclic) bond motifs is 2. The van der Waals surface area contributed by atoms with Crippen molar-refractivity contribution in [3.05, 3.63) is 199 Å². The first-order valence-electron chi connectivity index (χ1n) is 16.4. The van der Waals surface area contributed by atoms with Crippen molar-refractivity contribution in [2.75, 3.05) is 16.0 Å². The van der Waals surface area contributed by atoms with Gasteiger partial charge < -0.3 is 16.0 Å². The first-order valence-corrected chi connectivity index (χ1v) is 16.4. The highest BCUT2D eigenvalue weighted by molar-refractivity contribution is 5.89. The number of para-hydroxylation sites is 1. The minimum Gasteiger partial charge on any atom is -0.372 e. The molecule has 0 bridgehead atoms. The van der Waals surface area contributed by atoms with E-state index in [0.29, 0.717) is 0 Å². The Bertz CT molecular complexity index is 2160. The summed E-state index contributed by atoms with van der Waals surface area (Å²) in [5, 5.41) is 16.5. The van der Waals surface area contributed by atoms with E-state index in [2.05, 4.69) is 192 Å². The average molecular weight is 608 g/mol. The molecule has 3 nitrogen and oxygen atoms in total. The second-order valence-corrected chi connectivity index (χ2v) is 12.5. The van der Waals surface area contributed by atoms with Crippen molar-refractivity contribution in [3.63, 3.8) is 0 Å². The molecule has 2 aliphatic rings. The lowest BCUT2D eigenvalue weighted by Crippen LogP contribution is -2.35. The fraction of sp³-hybridized carbons (Fsp3) is 0.0909. The molecule has 0 fully saturated rings. The molecule has 0 heterocycles.